The number of piperidine rings is 1. The van der Waals surface area contributed by atoms with Crippen LogP contribution in [0.2, 0.25) is 0 Å². The van der Waals surface area contributed by atoms with Crippen molar-refractivity contribution in [2.75, 3.05) is 32.7 Å². The Bertz CT molecular complexity index is 391. The van der Waals surface area contributed by atoms with Crippen LogP contribution in [-0.4, -0.2) is 66.4 Å². The van der Waals surface area contributed by atoms with Crippen LogP contribution in [0.1, 0.15) is 26.2 Å². The Balaban J connectivity index is 1.82. The van der Waals surface area contributed by atoms with E-state index < -0.39 is 0 Å². The van der Waals surface area contributed by atoms with Gasteiger partial charge < -0.3 is 20.4 Å². The SMILES string of the molecule is CCNC(=O)N1CCN(C(=O)[C@H]2CCCC(=O)N2)CC1. The first-order valence-electron chi connectivity index (χ1n) is 7.22. The number of hydrogen-bond donors (Lipinski definition) is 2. The van der Waals surface area contributed by atoms with Crippen molar-refractivity contribution in [1.29, 1.82) is 0 Å². The van der Waals surface area contributed by atoms with Crippen molar-refractivity contribution in [2.24, 2.45) is 0 Å². The third kappa shape index (κ3) is 3.40. The summed E-state index contributed by atoms with van der Waals surface area (Å²) < 4.78 is 0. The summed E-state index contributed by atoms with van der Waals surface area (Å²) in [6.45, 7) is 4.62. The number of urea groups is 1. The van der Waals surface area contributed by atoms with Gasteiger partial charge in [-0.2, -0.15) is 0 Å². The van der Waals surface area contributed by atoms with Crippen LogP contribution < -0.4 is 10.6 Å². The van der Waals surface area contributed by atoms with Crippen molar-refractivity contribution in [1.82, 2.24) is 20.4 Å². The third-order valence-electron chi connectivity index (χ3n) is 3.74. The zero-order chi connectivity index (χ0) is 14.5. The lowest BCUT2D eigenvalue weighted by Gasteiger charge is -2.37. The lowest BCUT2D eigenvalue weighted by atomic mass is 10.0. The highest BCUT2D eigenvalue weighted by Gasteiger charge is 2.31. The molecule has 0 spiro atoms. The number of piperazine rings is 1. The summed E-state index contributed by atoms with van der Waals surface area (Å²) in [5.41, 5.74) is 0. The second-order valence-corrected chi connectivity index (χ2v) is 5.16. The van der Waals surface area contributed by atoms with Crippen LogP contribution in [0.15, 0.2) is 0 Å². The van der Waals surface area contributed by atoms with Gasteiger partial charge in [0.1, 0.15) is 6.04 Å². The molecule has 2 fully saturated rings. The lowest BCUT2D eigenvalue weighted by Crippen LogP contribution is -2.57. The van der Waals surface area contributed by atoms with Crippen molar-refractivity contribution in [3.8, 4) is 0 Å². The van der Waals surface area contributed by atoms with Gasteiger partial charge in [0.25, 0.3) is 0 Å². The van der Waals surface area contributed by atoms with Gasteiger partial charge in [0.2, 0.25) is 11.8 Å². The smallest absolute Gasteiger partial charge is 0.317 e. The summed E-state index contributed by atoms with van der Waals surface area (Å²) in [7, 11) is 0. The number of amides is 4. The molecule has 0 bridgehead atoms. The fourth-order valence-electron chi connectivity index (χ4n) is 2.60. The predicted octanol–water partition coefficient (Wildman–Crippen LogP) is -0.471. The highest BCUT2D eigenvalue weighted by molar-refractivity contribution is 5.88. The molecule has 0 radical (unpaired) electrons. The Hall–Kier alpha value is -1.79. The average Bonchev–Trinajstić information content (AvgIpc) is 2.47. The summed E-state index contributed by atoms with van der Waals surface area (Å²) in [6, 6.07) is -0.460. The number of nitrogens with one attached hydrogen (secondary N) is 2. The van der Waals surface area contributed by atoms with Crippen LogP contribution >= 0.6 is 0 Å². The van der Waals surface area contributed by atoms with E-state index in [-0.39, 0.29) is 23.9 Å². The van der Waals surface area contributed by atoms with Gasteiger partial charge in [-0.15, -0.1) is 0 Å². The van der Waals surface area contributed by atoms with E-state index in [2.05, 4.69) is 10.6 Å². The molecule has 112 valence electrons. The molecule has 4 amide bonds. The van der Waals surface area contributed by atoms with Crippen LogP contribution in [-0.2, 0) is 9.59 Å². The normalized spacial score (nSPS) is 23.2. The molecule has 0 aromatic heterocycles. The Kier molecular flexibility index (Phi) is 4.81. The summed E-state index contributed by atoms with van der Waals surface area (Å²) in [6.07, 6.45) is 1.98. The molecule has 2 saturated heterocycles. The highest BCUT2D eigenvalue weighted by atomic mass is 16.2. The van der Waals surface area contributed by atoms with E-state index in [9.17, 15) is 14.4 Å². The lowest BCUT2D eigenvalue weighted by molar-refractivity contribution is -0.139. The molecule has 2 N–H and O–H groups in total. The minimum absolute atomic E-state index is 0.0198. The molecule has 2 aliphatic heterocycles. The molecule has 7 heteroatoms. The maximum atomic E-state index is 12.3. The maximum absolute atomic E-state index is 12.3. The second kappa shape index (κ2) is 6.58. The fraction of sp³-hybridized carbons (Fsp3) is 0.769. The van der Waals surface area contributed by atoms with Crippen molar-refractivity contribution in [2.45, 2.75) is 32.2 Å². The Morgan fingerprint density at radius 3 is 2.50 bits per heavy atom. The van der Waals surface area contributed by atoms with E-state index in [4.69, 9.17) is 0 Å². The Morgan fingerprint density at radius 2 is 1.90 bits per heavy atom. The molecule has 20 heavy (non-hydrogen) atoms. The van der Waals surface area contributed by atoms with Crippen LogP contribution in [0.4, 0.5) is 4.79 Å². The first kappa shape index (κ1) is 14.6. The molecule has 2 aliphatic rings. The zero-order valence-corrected chi connectivity index (χ0v) is 11.9. The summed E-state index contributed by atoms with van der Waals surface area (Å²) in [5, 5.41) is 5.50. The molecule has 2 rings (SSSR count). The van der Waals surface area contributed by atoms with E-state index in [0.29, 0.717) is 45.6 Å². The van der Waals surface area contributed by atoms with E-state index in [1.165, 1.54) is 0 Å². The quantitative estimate of drug-likeness (QED) is 0.718. The number of rotatable bonds is 2. The number of carbonyl (C=O) groups is 3. The maximum Gasteiger partial charge on any atom is 0.317 e. The molecular weight excluding hydrogens is 260 g/mol. The van der Waals surface area contributed by atoms with E-state index in [1.807, 2.05) is 6.92 Å². The predicted molar refractivity (Wildman–Crippen MR) is 73.0 cm³/mol. The van der Waals surface area contributed by atoms with Gasteiger partial charge in [-0.3, -0.25) is 9.59 Å². The van der Waals surface area contributed by atoms with Crippen molar-refractivity contribution in [3.05, 3.63) is 0 Å². The third-order valence-corrected chi connectivity index (χ3v) is 3.74. The molecule has 0 aromatic rings. The summed E-state index contributed by atoms with van der Waals surface area (Å²) >= 11 is 0. The molecular formula is C13H22N4O3. The molecule has 7 nitrogen and oxygen atoms in total. The van der Waals surface area contributed by atoms with Crippen molar-refractivity contribution in [3.63, 3.8) is 0 Å². The monoisotopic (exact) mass is 282 g/mol. The minimum Gasteiger partial charge on any atom is -0.344 e. The highest BCUT2D eigenvalue weighted by Crippen LogP contribution is 2.12. The first-order chi connectivity index (χ1) is 9.61. The van der Waals surface area contributed by atoms with Gasteiger partial charge in [-0.05, 0) is 19.8 Å². The number of hydrogen-bond acceptors (Lipinski definition) is 3. The Morgan fingerprint density at radius 1 is 1.25 bits per heavy atom. The zero-order valence-electron chi connectivity index (χ0n) is 11.9. The molecule has 2 heterocycles. The largest absolute Gasteiger partial charge is 0.344 e. The summed E-state index contributed by atoms with van der Waals surface area (Å²) in [4.78, 5) is 38.8. The topological polar surface area (TPSA) is 81.8 Å². The van der Waals surface area contributed by atoms with Gasteiger partial charge in [0.15, 0.2) is 0 Å². The van der Waals surface area contributed by atoms with E-state index in [1.54, 1.807) is 9.80 Å². The summed E-state index contributed by atoms with van der Waals surface area (Å²) in [5.74, 6) is -0.0656. The van der Waals surface area contributed by atoms with Crippen molar-refractivity contribution < 1.29 is 14.4 Å². The first-order valence-corrected chi connectivity index (χ1v) is 7.22. The van der Waals surface area contributed by atoms with E-state index >= 15 is 0 Å². The van der Waals surface area contributed by atoms with Gasteiger partial charge in [0, 0.05) is 39.1 Å². The van der Waals surface area contributed by atoms with Gasteiger partial charge in [-0.1, -0.05) is 0 Å². The fourth-order valence-corrected chi connectivity index (χ4v) is 2.60. The van der Waals surface area contributed by atoms with Crippen LogP contribution in [0.5, 0.6) is 0 Å². The number of nitrogens with zero attached hydrogens (tertiary/aromatic N) is 2. The van der Waals surface area contributed by atoms with Gasteiger partial charge >= 0.3 is 6.03 Å². The van der Waals surface area contributed by atoms with Crippen LogP contribution in [0.25, 0.3) is 0 Å². The molecule has 0 aromatic carbocycles. The molecule has 0 aliphatic carbocycles. The Labute approximate surface area is 118 Å². The second-order valence-electron chi connectivity index (χ2n) is 5.16. The molecule has 0 saturated carbocycles. The minimum atomic E-state index is -0.382. The number of carbonyl (C=O) groups excluding carboxylic acids is 3. The molecule has 1 atom stereocenters. The van der Waals surface area contributed by atoms with Crippen LogP contribution in [0, 0.1) is 0 Å². The molecule has 0 unspecified atom stereocenters. The van der Waals surface area contributed by atoms with E-state index in [0.717, 1.165) is 6.42 Å². The van der Waals surface area contributed by atoms with Gasteiger partial charge in [-0.25, -0.2) is 4.79 Å². The van der Waals surface area contributed by atoms with Gasteiger partial charge in [0.05, 0.1) is 0 Å². The van der Waals surface area contributed by atoms with Crippen molar-refractivity contribution >= 4 is 17.8 Å². The standard InChI is InChI=1S/C13H22N4O3/c1-2-14-13(20)17-8-6-16(7-9-17)12(19)10-4-3-5-11(18)15-10/h10H,2-9H2,1H3,(H,14,20)(H,15,18)/t10-/m1/s1. The average molecular weight is 282 g/mol. The van der Waals surface area contributed by atoms with Crippen LogP contribution in [0.3, 0.4) is 0 Å².